The van der Waals surface area contributed by atoms with Crippen molar-refractivity contribution in [3.05, 3.63) is 60.7 Å². The van der Waals surface area contributed by atoms with Crippen LogP contribution in [0.4, 0.5) is 0 Å². The van der Waals surface area contributed by atoms with E-state index in [1.54, 1.807) is 7.11 Å². The second-order valence-corrected chi connectivity index (χ2v) is 4.14. The van der Waals surface area contributed by atoms with Crippen molar-refractivity contribution in [3.63, 3.8) is 0 Å². The van der Waals surface area contributed by atoms with Gasteiger partial charge in [-0.3, -0.25) is 0 Å². The molecule has 2 aromatic carbocycles. The fourth-order valence-corrected chi connectivity index (χ4v) is 2.00. The topological polar surface area (TPSA) is 35.3 Å². The first kappa shape index (κ1) is 11.5. The molecule has 3 heteroatoms. The van der Waals surface area contributed by atoms with E-state index in [0.717, 1.165) is 28.3 Å². The molecule has 3 rings (SSSR count). The highest BCUT2D eigenvalue weighted by molar-refractivity contribution is 5.71. The van der Waals surface area contributed by atoms with E-state index in [0.29, 0.717) is 0 Å². The third kappa shape index (κ3) is 2.22. The van der Waals surface area contributed by atoms with Crippen molar-refractivity contribution in [1.29, 1.82) is 0 Å². The van der Waals surface area contributed by atoms with E-state index in [1.807, 2.05) is 60.7 Å². The van der Waals surface area contributed by atoms with Gasteiger partial charge in [0.2, 0.25) is 0 Å². The van der Waals surface area contributed by atoms with Crippen molar-refractivity contribution in [2.45, 2.75) is 0 Å². The summed E-state index contributed by atoms with van der Waals surface area (Å²) in [4.78, 5) is 0. The molecule has 0 saturated carbocycles. The van der Waals surface area contributed by atoms with Crippen molar-refractivity contribution >= 4 is 0 Å². The lowest BCUT2D eigenvalue weighted by Crippen LogP contribution is -1.86. The summed E-state index contributed by atoms with van der Waals surface area (Å²) in [6.45, 7) is 0. The van der Waals surface area contributed by atoms with E-state index in [4.69, 9.17) is 9.26 Å². The minimum absolute atomic E-state index is 0.751. The van der Waals surface area contributed by atoms with Crippen LogP contribution in [0, 0.1) is 0 Å². The lowest BCUT2D eigenvalue weighted by Gasteiger charge is -2.03. The first-order chi connectivity index (χ1) is 9.38. The quantitative estimate of drug-likeness (QED) is 0.705. The highest BCUT2D eigenvalue weighted by Crippen LogP contribution is 2.31. The largest absolute Gasteiger partial charge is 0.496 e. The van der Waals surface area contributed by atoms with E-state index in [9.17, 15) is 0 Å². The Morgan fingerprint density at radius 1 is 0.947 bits per heavy atom. The molecule has 3 nitrogen and oxygen atoms in total. The zero-order valence-electron chi connectivity index (χ0n) is 10.5. The van der Waals surface area contributed by atoms with Gasteiger partial charge in [-0.25, -0.2) is 0 Å². The van der Waals surface area contributed by atoms with Crippen LogP contribution >= 0.6 is 0 Å². The van der Waals surface area contributed by atoms with Crippen LogP contribution in [-0.2, 0) is 0 Å². The lowest BCUT2D eigenvalue weighted by molar-refractivity contribution is 0.413. The van der Waals surface area contributed by atoms with Crippen molar-refractivity contribution in [2.75, 3.05) is 7.11 Å². The molecule has 0 saturated heterocycles. The number of hydrogen-bond donors (Lipinski definition) is 0. The summed E-state index contributed by atoms with van der Waals surface area (Å²) in [6.07, 6.45) is 0. The Labute approximate surface area is 111 Å². The molecule has 0 amide bonds. The van der Waals surface area contributed by atoms with Crippen LogP contribution in [0.15, 0.2) is 65.2 Å². The SMILES string of the molecule is COc1ccccc1-c1cc(-c2ccccc2)on1. The average Bonchev–Trinajstić information content (AvgIpc) is 2.98. The maximum atomic E-state index is 5.40. The maximum Gasteiger partial charge on any atom is 0.167 e. The Kier molecular flexibility index (Phi) is 3.02. The normalized spacial score (nSPS) is 10.4. The molecular formula is C16H13NO2. The summed E-state index contributed by atoms with van der Waals surface area (Å²) < 4.78 is 10.7. The Bertz CT molecular complexity index is 674. The molecule has 0 aliphatic heterocycles. The molecule has 1 heterocycles. The van der Waals surface area contributed by atoms with E-state index >= 15 is 0 Å². The molecule has 3 aromatic rings. The lowest BCUT2D eigenvalue weighted by atomic mass is 10.1. The third-order valence-electron chi connectivity index (χ3n) is 2.95. The van der Waals surface area contributed by atoms with Gasteiger partial charge in [0.25, 0.3) is 0 Å². The number of nitrogens with zero attached hydrogens (tertiary/aromatic N) is 1. The monoisotopic (exact) mass is 251 g/mol. The summed E-state index contributed by atoms with van der Waals surface area (Å²) in [6, 6.07) is 19.6. The summed E-state index contributed by atoms with van der Waals surface area (Å²) in [7, 11) is 1.65. The number of aromatic nitrogens is 1. The van der Waals surface area contributed by atoms with Crippen LogP contribution in [0.2, 0.25) is 0 Å². The van der Waals surface area contributed by atoms with E-state index in [-0.39, 0.29) is 0 Å². The van der Waals surface area contributed by atoms with E-state index in [1.165, 1.54) is 0 Å². The molecule has 0 unspecified atom stereocenters. The fraction of sp³-hybridized carbons (Fsp3) is 0.0625. The predicted octanol–water partition coefficient (Wildman–Crippen LogP) is 4.02. The van der Waals surface area contributed by atoms with Gasteiger partial charge >= 0.3 is 0 Å². The third-order valence-corrected chi connectivity index (χ3v) is 2.95. The predicted molar refractivity (Wildman–Crippen MR) is 73.9 cm³/mol. The first-order valence-electron chi connectivity index (χ1n) is 6.04. The average molecular weight is 251 g/mol. The Morgan fingerprint density at radius 2 is 1.68 bits per heavy atom. The van der Waals surface area contributed by atoms with Gasteiger partial charge in [0, 0.05) is 17.2 Å². The molecule has 19 heavy (non-hydrogen) atoms. The van der Waals surface area contributed by atoms with Crippen LogP contribution in [-0.4, -0.2) is 12.3 Å². The molecule has 0 N–H and O–H groups in total. The maximum absolute atomic E-state index is 5.40. The first-order valence-corrected chi connectivity index (χ1v) is 6.04. The Hall–Kier alpha value is -2.55. The summed E-state index contributed by atoms with van der Waals surface area (Å²) >= 11 is 0. The Balaban J connectivity index is 2.02. The van der Waals surface area contributed by atoms with Crippen molar-refractivity contribution in [3.8, 4) is 28.3 Å². The van der Waals surface area contributed by atoms with Gasteiger partial charge in [-0.05, 0) is 12.1 Å². The molecular weight excluding hydrogens is 238 g/mol. The number of benzene rings is 2. The summed E-state index contributed by atoms with van der Waals surface area (Å²) in [5.74, 6) is 1.54. The van der Waals surface area contributed by atoms with Gasteiger partial charge in [-0.2, -0.15) is 0 Å². The Morgan fingerprint density at radius 3 is 2.47 bits per heavy atom. The number of hydrogen-bond acceptors (Lipinski definition) is 3. The van der Waals surface area contributed by atoms with Gasteiger partial charge in [0.05, 0.1) is 7.11 Å². The zero-order chi connectivity index (χ0) is 13.1. The molecule has 0 aliphatic carbocycles. The smallest absolute Gasteiger partial charge is 0.167 e. The molecule has 1 aromatic heterocycles. The van der Waals surface area contributed by atoms with Crippen molar-refractivity contribution < 1.29 is 9.26 Å². The molecule has 94 valence electrons. The van der Waals surface area contributed by atoms with Crippen LogP contribution in [0.3, 0.4) is 0 Å². The molecule has 0 aliphatic rings. The minimum Gasteiger partial charge on any atom is -0.496 e. The minimum atomic E-state index is 0.751. The number of para-hydroxylation sites is 1. The van der Waals surface area contributed by atoms with Crippen molar-refractivity contribution in [2.24, 2.45) is 0 Å². The second kappa shape index (κ2) is 4.98. The highest BCUT2D eigenvalue weighted by atomic mass is 16.5. The summed E-state index contributed by atoms with van der Waals surface area (Å²) in [5.41, 5.74) is 2.71. The fourth-order valence-electron chi connectivity index (χ4n) is 2.00. The molecule has 0 bridgehead atoms. The van der Waals surface area contributed by atoms with Gasteiger partial charge in [0.15, 0.2) is 5.76 Å². The highest BCUT2D eigenvalue weighted by Gasteiger charge is 2.11. The van der Waals surface area contributed by atoms with Gasteiger partial charge in [-0.15, -0.1) is 0 Å². The van der Waals surface area contributed by atoms with Crippen LogP contribution in [0.25, 0.3) is 22.6 Å². The number of rotatable bonds is 3. The number of ether oxygens (including phenoxy) is 1. The number of methoxy groups -OCH3 is 1. The van der Waals surface area contributed by atoms with E-state index in [2.05, 4.69) is 5.16 Å². The summed E-state index contributed by atoms with van der Waals surface area (Å²) in [5, 5.41) is 4.12. The van der Waals surface area contributed by atoms with Gasteiger partial charge in [-0.1, -0.05) is 47.6 Å². The zero-order valence-corrected chi connectivity index (χ0v) is 10.5. The van der Waals surface area contributed by atoms with Crippen LogP contribution in [0.5, 0.6) is 5.75 Å². The van der Waals surface area contributed by atoms with Crippen molar-refractivity contribution in [1.82, 2.24) is 5.16 Å². The van der Waals surface area contributed by atoms with Gasteiger partial charge in [0.1, 0.15) is 11.4 Å². The standard InChI is InChI=1S/C16H13NO2/c1-18-15-10-6-5-9-13(15)14-11-16(19-17-14)12-7-3-2-4-8-12/h2-11H,1H3. The molecule has 0 radical (unpaired) electrons. The molecule has 0 atom stereocenters. The van der Waals surface area contributed by atoms with E-state index < -0.39 is 0 Å². The second-order valence-electron chi connectivity index (χ2n) is 4.14. The molecule has 0 spiro atoms. The molecule has 0 fully saturated rings. The van der Waals surface area contributed by atoms with Crippen LogP contribution < -0.4 is 4.74 Å². The van der Waals surface area contributed by atoms with Gasteiger partial charge < -0.3 is 9.26 Å². The van der Waals surface area contributed by atoms with Crippen LogP contribution in [0.1, 0.15) is 0 Å².